The minimum Gasteiger partial charge on any atom is -0.304 e. The molecule has 1 heterocycles. The van der Waals surface area contributed by atoms with Crippen LogP contribution in [0.1, 0.15) is 58.3 Å². The molecular formula is C17H34N2. The lowest BCUT2D eigenvalue weighted by Gasteiger charge is -2.32. The van der Waals surface area contributed by atoms with Crippen molar-refractivity contribution in [3.63, 3.8) is 0 Å². The van der Waals surface area contributed by atoms with Crippen molar-refractivity contribution in [2.24, 2.45) is 11.8 Å². The highest BCUT2D eigenvalue weighted by atomic mass is 15.2. The van der Waals surface area contributed by atoms with Crippen molar-refractivity contribution in [1.82, 2.24) is 9.80 Å². The number of likely N-dealkylation sites (N-methyl/N-ethyl adjacent to an activating group) is 1. The minimum absolute atomic E-state index is 1.01. The summed E-state index contributed by atoms with van der Waals surface area (Å²) in [5.41, 5.74) is 0. The maximum Gasteiger partial charge on any atom is 0.0110 e. The van der Waals surface area contributed by atoms with Crippen LogP contribution in [0.25, 0.3) is 0 Å². The molecule has 19 heavy (non-hydrogen) atoms. The zero-order chi connectivity index (χ0) is 13.5. The minimum atomic E-state index is 1.01. The molecule has 2 heteroatoms. The maximum atomic E-state index is 2.66. The van der Waals surface area contributed by atoms with E-state index < -0.39 is 0 Å². The average Bonchev–Trinajstić information content (AvgIpc) is 2.43. The second kappa shape index (κ2) is 8.26. The van der Waals surface area contributed by atoms with Gasteiger partial charge in [-0.3, -0.25) is 0 Å². The van der Waals surface area contributed by atoms with Gasteiger partial charge in [0.25, 0.3) is 0 Å². The van der Waals surface area contributed by atoms with E-state index in [1.54, 1.807) is 0 Å². The molecule has 112 valence electrons. The Kier molecular flexibility index (Phi) is 6.66. The highest BCUT2D eigenvalue weighted by Gasteiger charge is 2.17. The Bertz CT molecular complexity index is 201. The summed E-state index contributed by atoms with van der Waals surface area (Å²) < 4.78 is 0. The first-order chi connectivity index (χ1) is 9.24. The van der Waals surface area contributed by atoms with E-state index in [4.69, 9.17) is 0 Å². The van der Waals surface area contributed by atoms with E-state index in [2.05, 4.69) is 23.8 Å². The van der Waals surface area contributed by atoms with Gasteiger partial charge in [-0.25, -0.2) is 0 Å². The first kappa shape index (κ1) is 15.3. The van der Waals surface area contributed by atoms with Gasteiger partial charge in [0.05, 0.1) is 0 Å². The molecule has 0 aromatic carbocycles. The molecule has 0 atom stereocenters. The Labute approximate surface area is 120 Å². The Balaban J connectivity index is 1.44. The van der Waals surface area contributed by atoms with E-state index in [0.29, 0.717) is 0 Å². The van der Waals surface area contributed by atoms with Gasteiger partial charge in [0.2, 0.25) is 0 Å². The van der Waals surface area contributed by atoms with Gasteiger partial charge in [-0.05, 0) is 31.8 Å². The van der Waals surface area contributed by atoms with E-state index >= 15 is 0 Å². The van der Waals surface area contributed by atoms with Gasteiger partial charge < -0.3 is 9.80 Å². The number of rotatable bonds is 6. The number of piperazine rings is 1. The van der Waals surface area contributed by atoms with E-state index in [1.807, 2.05) is 0 Å². The van der Waals surface area contributed by atoms with Gasteiger partial charge in [-0.2, -0.15) is 0 Å². The van der Waals surface area contributed by atoms with Crippen LogP contribution in [0.3, 0.4) is 0 Å². The maximum absolute atomic E-state index is 2.66. The topological polar surface area (TPSA) is 6.48 Å². The number of unbranched alkanes of at least 4 members (excludes halogenated alkanes) is 2. The molecular weight excluding hydrogens is 232 g/mol. The van der Waals surface area contributed by atoms with Gasteiger partial charge in [0.15, 0.2) is 0 Å². The largest absolute Gasteiger partial charge is 0.304 e. The van der Waals surface area contributed by atoms with Crippen LogP contribution in [0.5, 0.6) is 0 Å². The molecule has 1 saturated carbocycles. The third kappa shape index (κ3) is 5.83. The standard InChI is InChI=1S/C17H34N2/c1-16-7-9-17(10-8-16)6-4-3-5-11-19-14-12-18(2)13-15-19/h16-17H,3-15H2,1-2H3. The van der Waals surface area contributed by atoms with Crippen molar-refractivity contribution < 1.29 is 0 Å². The van der Waals surface area contributed by atoms with Crippen molar-refractivity contribution in [3.05, 3.63) is 0 Å². The molecule has 1 saturated heterocycles. The van der Waals surface area contributed by atoms with Crippen LogP contribution in [-0.4, -0.2) is 49.6 Å². The lowest BCUT2D eigenvalue weighted by atomic mass is 9.80. The van der Waals surface area contributed by atoms with Gasteiger partial charge in [-0.1, -0.05) is 51.9 Å². The molecule has 1 aliphatic carbocycles. The fourth-order valence-electron chi connectivity index (χ4n) is 3.63. The van der Waals surface area contributed by atoms with Crippen molar-refractivity contribution >= 4 is 0 Å². The van der Waals surface area contributed by atoms with Gasteiger partial charge >= 0.3 is 0 Å². The molecule has 0 aromatic rings. The van der Waals surface area contributed by atoms with Crippen LogP contribution < -0.4 is 0 Å². The monoisotopic (exact) mass is 266 g/mol. The van der Waals surface area contributed by atoms with Crippen LogP contribution in [0.4, 0.5) is 0 Å². The summed E-state index contributed by atoms with van der Waals surface area (Å²) in [6.07, 6.45) is 11.9. The van der Waals surface area contributed by atoms with Gasteiger partial charge in [-0.15, -0.1) is 0 Å². The lowest BCUT2D eigenvalue weighted by molar-refractivity contribution is 0.151. The van der Waals surface area contributed by atoms with E-state index in [1.165, 1.54) is 84.1 Å². The first-order valence-electron chi connectivity index (χ1n) is 8.65. The Morgan fingerprint density at radius 3 is 2.21 bits per heavy atom. The zero-order valence-corrected chi connectivity index (χ0v) is 13.2. The molecule has 2 aliphatic rings. The lowest BCUT2D eigenvalue weighted by Crippen LogP contribution is -2.44. The van der Waals surface area contributed by atoms with E-state index in [-0.39, 0.29) is 0 Å². The van der Waals surface area contributed by atoms with Gasteiger partial charge in [0.1, 0.15) is 0 Å². The molecule has 1 aliphatic heterocycles. The van der Waals surface area contributed by atoms with Crippen LogP contribution >= 0.6 is 0 Å². The summed E-state index contributed by atoms with van der Waals surface area (Å²) in [5.74, 6) is 2.08. The number of hydrogen-bond donors (Lipinski definition) is 0. The summed E-state index contributed by atoms with van der Waals surface area (Å²) in [4.78, 5) is 5.10. The summed E-state index contributed by atoms with van der Waals surface area (Å²) in [6.45, 7) is 8.87. The fourth-order valence-corrected chi connectivity index (χ4v) is 3.63. The molecule has 2 fully saturated rings. The highest BCUT2D eigenvalue weighted by molar-refractivity contribution is 4.71. The molecule has 2 rings (SSSR count). The van der Waals surface area contributed by atoms with E-state index in [0.717, 1.165) is 11.8 Å². The third-order valence-electron chi connectivity index (χ3n) is 5.32. The molecule has 0 bridgehead atoms. The Morgan fingerprint density at radius 1 is 0.842 bits per heavy atom. The average molecular weight is 266 g/mol. The fraction of sp³-hybridized carbons (Fsp3) is 1.00. The molecule has 0 unspecified atom stereocenters. The second-order valence-corrected chi connectivity index (χ2v) is 7.12. The summed E-state index contributed by atoms with van der Waals surface area (Å²) in [6, 6.07) is 0. The predicted octanol–water partition coefficient (Wildman–Crippen LogP) is 3.62. The Hall–Kier alpha value is -0.0800. The molecule has 2 nitrogen and oxygen atoms in total. The van der Waals surface area contributed by atoms with Crippen LogP contribution in [-0.2, 0) is 0 Å². The van der Waals surface area contributed by atoms with Gasteiger partial charge in [0, 0.05) is 26.2 Å². The molecule has 0 aromatic heterocycles. The summed E-state index contributed by atoms with van der Waals surface area (Å²) in [7, 11) is 2.24. The summed E-state index contributed by atoms with van der Waals surface area (Å²) >= 11 is 0. The normalized spacial score (nSPS) is 30.6. The summed E-state index contributed by atoms with van der Waals surface area (Å²) in [5, 5.41) is 0. The number of hydrogen-bond acceptors (Lipinski definition) is 2. The zero-order valence-electron chi connectivity index (χ0n) is 13.2. The predicted molar refractivity (Wildman–Crippen MR) is 83.5 cm³/mol. The molecule has 0 radical (unpaired) electrons. The molecule has 0 N–H and O–H groups in total. The van der Waals surface area contributed by atoms with Crippen molar-refractivity contribution in [2.45, 2.75) is 58.3 Å². The SMILES string of the molecule is CC1CCC(CCCCCN2CCN(C)CC2)CC1. The Morgan fingerprint density at radius 2 is 1.53 bits per heavy atom. The molecule has 0 amide bonds. The van der Waals surface area contributed by atoms with Crippen molar-refractivity contribution in [3.8, 4) is 0 Å². The first-order valence-corrected chi connectivity index (χ1v) is 8.65. The second-order valence-electron chi connectivity index (χ2n) is 7.12. The smallest absolute Gasteiger partial charge is 0.0110 e. The number of nitrogens with zero attached hydrogens (tertiary/aromatic N) is 2. The van der Waals surface area contributed by atoms with Crippen molar-refractivity contribution in [2.75, 3.05) is 39.8 Å². The highest BCUT2D eigenvalue weighted by Crippen LogP contribution is 2.31. The van der Waals surface area contributed by atoms with E-state index in [9.17, 15) is 0 Å². The van der Waals surface area contributed by atoms with Crippen LogP contribution in [0.15, 0.2) is 0 Å². The van der Waals surface area contributed by atoms with Crippen molar-refractivity contribution in [1.29, 1.82) is 0 Å². The quantitative estimate of drug-likeness (QED) is 0.678. The molecule has 0 spiro atoms. The van der Waals surface area contributed by atoms with Crippen LogP contribution in [0.2, 0.25) is 0 Å². The van der Waals surface area contributed by atoms with Crippen LogP contribution in [0, 0.1) is 11.8 Å². The third-order valence-corrected chi connectivity index (χ3v) is 5.32.